The van der Waals surface area contributed by atoms with Crippen LogP contribution in [0.15, 0.2) is 24.3 Å². The van der Waals surface area contributed by atoms with Crippen LogP contribution in [0.25, 0.3) is 0 Å². The van der Waals surface area contributed by atoms with Crippen molar-refractivity contribution in [1.82, 2.24) is 0 Å². The molecule has 2 atom stereocenters. The Bertz CT molecular complexity index is 841. The second-order valence-electron chi connectivity index (χ2n) is 9.12. The average Bonchev–Trinajstić information content (AvgIpc) is 2.63. The van der Waals surface area contributed by atoms with Gasteiger partial charge in [-0.05, 0) is 47.9 Å². The lowest BCUT2D eigenvalue weighted by Gasteiger charge is -2.21. The number of aromatic hydroxyl groups is 4. The van der Waals surface area contributed by atoms with Crippen molar-refractivity contribution in [2.45, 2.75) is 66.2 Å². The molecule has 164 valence electrons. The molecule has 30 heavy (non-hydrogen) atoms. The maximum absolute atomic E-state index is 13.2. The Morgan fingerprint density at radius 1 is 0.633 bits per heavy atom. The highest BCUT2D eigenvalue weighted by Crippen LogP contribution is 2.39. The standard InChI is InChI=1S/C25H34O5/c1-13(2)7-17-9-19(23(28)11-21(17)26)15(5)25(30)16(6)20-10-18(8-14(3)4)22(27)12-24(20)29/h9-16,26-29H,7-8H2,1-6H3. The molecule has 0 saturated heterocycles. The number of carbonyl (C=O) groups is 1. The summed E-state index contributed by atoms with van der Waals surface area (Å²) in [6, 6.07) is 5.97. The Hall–Kier alpha value is -2.69. The minimum Gasteiger partial charge on any atom is -0.508 e. The number of carbonyl (C=O) groups excluding carboxylic acids is 1. The van der Waals surface area contributed by atoms with E-state index in [4.69, 9.17) is 0 Å². The van der Waals surface area contributed by atoms with Crippen LogP contribution in [0.3, 0.4) is 0 Å². The number of rotatable bonds is 8. The molecule has 0 aliphatic carbocycles. The van der Waals surface area contributed by atoms with Gasteiger partial charge in [-0.15, -0.1) is 0 Å². The molecule has 5 nitrogen and oxygen atoms in total. The van der Waals surface area contributed by atoms with Gasteiger partial charge in [-0.3, -0.25) is 4.79 Å². The molecule has 0 saturated carbocycles. The third-order valence-electron chi connectivity index (χ3n) is 5.50. The lowest BCUT2D eigenvalue weighted by atomic mass is 9.83. The first-order chi connectivity index (χ1) is 13.9. The van der Waals surface area contributed by atoms with Crippen LogP contribution in [0.2, 0.25) is 0 Å². The number of benzene rings is 2. The highest BCUT2D eigenvalue weighted by molar-refractivity contribution is 5.92. The van der Waals surface area contributed by atoms with Crippen molar-refractivity contribution < 1.29 is 25.2 Å². The Morgan fingerprint density at radius 2 is 0.967 bits per heavy atom. The molecule has 0 amide bonds. The van der Waals surface area contributed by atoms with Crippen molar-refractivity contribution in [1.29, 1.82) is 0 Å². The van der Waals surface area contributed by atoms with Crippen LogP contribution in [0.1, 0.15) is 75.6 Å². The second-order valence-corrected chi connectivity index (χ2v) is 9.12. The van der Waals surface area contributed by atoms with Gasteiger partial charge in [-0.1, -0.05) is 41.5 Å². The normalized spacial score (nSPS) is 13.6. The summed E-state index contributed by atoms with van der Waals surface area (Å²) in [4.78, 5) is 13.2. The molecule has 0 heterocycles. The summed E-state index contributed by atoms with van der Waals surface area (Å²) < 4.78 is 0. The summed E-state index contributed by atoms with van der Waals surface area (Å²) in [7, 11) is 0. The predicted molar refractivity (Wildman–Crippen MR) is 118 cm³/mol. The average molecular weight is 415 g/mol. The van der Waals surface area contributed by atoms with Crippen molar-refractivity contribution in [3.05, 3.63) is 46.5 Å². The van der Waals surface area contributed by atoms with E-state index >= 15 is 0 Å². The summed E-state index contributed by atoms with van der Waals surface area (Å²) in [6.07, 6.45) is 1.26. The van der Waals surface area contributed by atoms with E-state index in [0.29, 0.717) is 46.9 Å². The molecule has 0 aliphatic rings. The monoisotopic (exact) mass is 414 g/mol. The molecule has 2 rings (SSSR count). The number of hydrogen-bond acceptors (Lipinski definition) is 5. The van der Waals surface area contributed by atoms with Crippen LogP contribution in [0, 0.1) is 11.8 Å². The molecule has 5 heteroatoms. The third kappa shape index (κ3) is 5.26. The minimum atomic E-state index is -0.631. The first kappa shape index (κ1) is 23.6. The Labute approximate surface area is 179 Å². The molecule has 2 unspecified atom stereocenters. The highest BCUT2D eigenvalue weighted by atomic mass is 16.3. The maximum Gasteiger partial charge on any atom is 0.147 e. The number of ketones is 1. The zero-order valence-corrected chi connectivity index (χ0v) is 18.7. The van der Waals surface area contributed by atoms with E-state index in [0.717, 1.165) is 0 Å². The number of phenolic OH excluding ortho intramolecular Hbond substituents is 4. The maximum atomic E-state index is 13.2. The molecule has 0 aromatic heterocycles. The van der Waals surface area contributed by atoms with Crippen LogP contribution < -0.4 is 0 Å². The lowest BCUT2D eigenvalue weighted by molar-refractivity contribution is -0.121. The first-order valence-electron chi connectivity index (χ1n) is 10.6. The van der Waals surface area contributed by atoms with E-state index < -0.39 is 11.8 Å². The number of Topliss-reactive ketones (excluding diaryl/α,β-unsaturated/α-hetero) is 1. The van der Waals surface area contributed by atoms with Crippen molar-refractivity contribution in [2.24, 2.45) is 11.8 Å². The smallest absolute Gasteiger partial charge is 0.147 e. The summed E-state index contributed by atoms with van der Waals surface area (Å²) in [6.45, 7) is 11.6. The van der Waals surface area contributed by atoms with E-state index in [2.05, 4.69) is 0 Å². The zero-order valence-electron chi connectivity index (χ0n) is 18.7. The fraction of sp³-hybridized carbons (Fsp3) is 0.480. The quantitative estimate of drug-likeness (QED) is 0.465. The molecule has 0 fully saturated rings. The molecule has 0 radical (unpaired) electrons. The molecular weight excluding hydrogens is 380 g/mol. The van der Waals surface area contributed by atoms with Crippen molar-refractivity contribution >= 4 is 5.78 Å². The summed E-state index contributed by atoms with van der Waals surface area (Å²) in [5.74, 6) is -1.01. The lowest BCUT2D eigenvalue weighted by Crippen LogP contribution is -2.17. The van der Waals surface area contributed by atoms with Gasteiger partial charge in [0, 0.05) is 35.1 Å². The Kier molecular flexibility index (Phi) is 7.40. The van der Waals surface area contributed by atoms with Crippen LogP contribution in [-0.4, -0.2) is 26.2 Å². The van der Waals surface area contributed by atoms with Gasteiger partial charge in [-0.2, -0.15) is 0 Å². The Morgan fingerprint density at radius 3 is 1.27 bits per heavy atom. The topological polar surface area (TPSA) is 98.0 Å². The molecule has 0 bridgehead atoms. The first-order valence-corrected chi connectivity index (χ1v) is 10.6. The van der Waals surface area contributed by atoms with E-state index in [-0.39, 0.29) is 28.8 Å². The van der Waals surface area contributed by atoms with Gasteiger partial charge in [0.25, 0.3) is 0 Å². The van der Waals surface area contributed by atoms with Crippen LogP contribution in [0.5, 0.6) is 23.0 Å². The van der Waals surface area contributed by atoms with E-state index in [9.17, 15) is 25.2 Å². The van der Waals surface area contributed by atoms with Crippen LogP contribution >= 0.6 is 0 Å². The summed E-state index contributed by atoms with van der Waals surface area (Å²) in [5.41, 5.74) is 2.30. The molecule has 2 aromatic rings. The van der Waals surface area contributed by atoms with Gasteiger partial charge in [0.05, 0.1) is 0 Å². The summed E-state index contributed by atoms with van der Waals surface area (Å²) in [5, 5.41) is 41.0. The number of hydrogen-bond donors (Lipinski definition) is 4. The highest BCUT2D eigenvalue weighted by Gasteiger charge is 2.28. The van der Waals surface area contributed by atoms with E-state index in [1.54, 1.807) is 26.0 Å². The van der Waals surface area contributed by atoms with Gasteiger partial charge < -0.3 is 20.4 Å². The SMILES string of the molecule is CC(C)Cc1cc(C(C)C(=O)C(C)c2cc(CC(C)C)c(O)cc2O)c(O)cc1O. The Balaban J connectivity index is 2.39. The van der Waals surface area contributed by atoms with Crippen LogP contribution in [0.4, 0.5) is 0 Å². The minimum absolute atomic E-state index is 0.0205. The zero-order chi connectivity index (χ0) is 22.7. The van der Waals surface area contributed by atoms with Crippen LogP contribution in [-0.2, 0) is 17.6 Å². The van der Waals surface area contributed by atoms with Gasteiger partial charge in [-0.25, -0.2) is 0 Å². The molecular formula is C25H34O5. The predicted octanol–water partition coefficient (Wildman–Crippen LogP) is 5.38. The largest absolute Gasteiger partial charge is 0.508 e. The third-order valence-corrected chi connectivity index (χ3v) is 5.50. The van der Waals surface area contributed by atoms with Crippen molar-refractivity contribution in [3.8, 4) is 23.0 Å². The van der Waals surface area contributed by atoms with Crippen molar-refractivity contribution in [3.63, 3.8) is 0 Å². The van der Waals surface area contributed by atoms with Gasteiger partial charge >= 0.3 is 0 Å². The second kappa shape index (κ2) is 9.41. The fourth-order valence-corrected chi connectivity index (χ4v) is 3.86. The summed E-state index contributed by atoms with van der Waals surface area (Å²) >= 11 is 0. The fourth-order valence-electron chi connectivity index (χ4n) is 3.86. The number of phenols is 4. The molecule has 4 N–H and O–H groups in total. The van der Waals surface area contributed by atoms with E-state index in [1.165, 1.54) is 12.1 Å². The van der Waals surface area contributed by atoms with Gasteiger partial charge in [0.2, 0.25) is 0 Å². The molecule has 0 aliphatic heterocycles. The molecule has 2 aromatic carbocycles. The molecule has 0 spiro atoms. The van der Waals surface area contributed by atoms with Gasteiger partial charge in [0.15, 0.2) is 0 Å². The van der Waals surface area contributed by atoms with E-state index in [1.807, 2.05) is 27.7 Å². The van der Waals surface area contributed by atoms with Crippen molar-refractivity contribution in [2.75, 3.05) is 0 Å². The van der Waals surface area contributed by atoms with Gasteiger partial charge in [0.1, 0.15) is 28.8 Å².